The Balaban J connectivity index is 1.91. The van der Waals surface area contributed by atoms with Crippen molar-refractivity contribution in [1.29, 1.82) is 0 Å². The van der Waals surface area contributed by atoms with Crippen molar-refractivity contribution in [1.82, 2.24) is 4.90 Å². The van der Waals surface area contributed by atoms with Crippen LogP contribution in [0.15, 0.2) is 16.6 Å². The lowest BCUT2D eigenvalue weighted by Crippen LogP contribution is -2.39. The molecule has 1 fully saturated rings. The van der Waals surface area contributed by atoms with Crippen LogP contribution in [0.5, 0.6) is 11.5 Å². The largest absolute Gasteiger partial charge is 0.454 e. The number of rotatable bonds is 4. The highest BCUT2D eigenvalue weighted by Gasteiger charge is 2.33. The summed E-state index contributed by atoms with van der Waals surface area (Å²) in [6.07, 6.45) is 2.52. The van der Waals surface area contributed by atoms with Gasteiger partial charge in [0.25, 0.3) is 0 Å². The molecule has 2 unspecified atom stereocenters. The van der Waals surface area contributed by atoms with E-state index in [0.717, 1.165) is 22.5 Å². The number of halogens is 1. The van der Waals surface area contributed by atoms with Crippen LogP contribution < -0.4 is 15.2 Å². The van der Waals surface area contributed by atoms with Gasteiger partial charge in [-0.2, -0.15) is 0 Å². The van der Waals surface area contributed by atoms with Crippen LogP contribution in [-0.2, 0) is 0 Å². The molecule has 0 saturated carbocycles. The summed E-state index contributed by atoms with van der Waals surface area (Å²) in [6, 6.07) is 5.06. The fourth-order valence-electron chi connectivity index (χ4n) is 3.56. The average Bonchev–Trinajstić information content (AvgIpc) is 3.08. The van der Waals surface area contributed by atoms with Crippen LogP contribution in [0, 0.1) is 5.92 Å². The topological polar surface area (TPSA) is 47.7 Å². The first-order chi connectivity index (χ1) is 10.1. The fourth-order valence-corrected chi connectivity index (χ4v) is 4.13. The minimum Gasteiger partial charge on any atom is -0.454 e. The quantitative estimate of drug-likeness (QED) is 0.900. The fraction of sp³-hybridized carbons (Fsp3) is 0.625. The van der Waals surface area contributed by atoms with Gasteiger partial charge in [0, 0.05) is 18.6 Å². The Morgan fingerprint density at radius 2 is 2.19 bits per heavy atom. The molecule has 1 aromatic rings. The summed E-state index contributed by atoms with van der Waals surface area (Å²) in [6.45, 7) is 6.63. The molecule has 0 spiro atoms. The van der Waals surface area contributed by atoms with Gasteiger partial charge in [-0.3, -0.25) is 4.90 Å². The number of fused-ring (bicyclic) bond motifs is 1. The zero-order valence-electron chi connectivity index (χ0n) is 12.6. The van der Waals surface area contributed by atoms with E-state index in [1.54, 1.807) is 0 Å². The Morgan fingerprint density at radius 3 is 2.90 bits per heavy atom. The lowest BCUT2D eigenvalue weighted by atomic mass is 9.98. The van der Waals surface area contributed by atoms with Gasteiger partial charge in [0.2, 0.25) is 6.79 Å². The maximum Gasteiger partial charge on any atom is 0.231 e. The second kappa shape index (κ2) is 6.15. The van der Waals surface area contributed by atoms with E-state index in [-0.39, 0.29) is 6.04 Å². The maximum atomic E-state index is 6.11. The SMILES string of the molecule is CC(C)C1CCCN1C(CN)c1cc(Br)c2c(c1)OCO2. The van der Waals surface area contributed by atoms with Gasteiger partial charge in [0.15, 0.2) is 11.5 Å². The van der Waals surface area contributed by atoms with Gasteiger partial charge < -0.3 is 15.2 Å². The molecule has 4 nitrogen and oxygen atoms in total. The van der Waals surface area contributed by atoms with E-state index in [1.807, 2.05) is 0 Å². The molecule has 1 saturated heterocycles. The van der Waals surface area contributed by atoms with E-state index >= 15 is 0 Å². The Morgan fingerprint density at radius 1 is 1.38 bits per heavy atom. The number of likely N-dealkylation sites (tertiary alicyclic amines) is 1. The number of hydrogen-bond donors (Lipinski definition) is 1. The van der Waals surface area contributed by atoms with Crippen molar-refractivity contribution < 1.29 is 9.47 Å². The van der Waals surface area contributed by atoms with Crippen molar-refractivity contribution >= 4 is 15.9 Å². The van der Waals surface area contributed by atoms with Crippen LogP contribution >= 0.6 is 15.9 Å². The van der Waals surface area contributed by atoms with E-state index < -0.39 is 0 Å². The highest BCUT2D eigenvalue weighted by atomic mass is 79.9. The predicted octanol–water partition coefficient (Wildman–Crippen LogP) is 3.30. The highest BCUT2D eigenvalue weighted by molar-refractivity contribution is 9.10. The zero-order chi connectivity index (χ0) is 15.0. The molecule has 0 bridgehead atoms. The molecule has 0 radical (unpaired) electrons. The molecule has 0 aliphatic carbocycles. The normalized spacial score (nSPS) is 23.0. The summed E-state index contributed by atoms with van der Waals surface area (Å²) in [7, 11) is 0. The first kappa shape index (κ1) is 15.1. The molecule has 2 heterocycles. The molecule has 2 aliphatic rings. The molecule has 21 heavy (non-hydrogen) atoms. The van der Waals surface area contributed by atoms with Crippen LogP contribution in [0.1, 0.15) is 38.3 Å². The van der Waals surface area contributed by atoms with Gasteiger partial charge in [-0.15, -0.1) is 0 Å². The lowest BCUT2D eigenvalue weighted by molar-refractivity contribution is 0.149. The Hall–Kier alpha value is -0.780. The van der Waals surface area contributed by atoms with Crippen molar-refractivity contribution in [2.45, 2.75) is 38.8 Å². The third-order valence-corrected chi connectivity index (χ3v) is 5.16. The van der Waals surface area contributed by atoms with E-state index in [4.69, 9.17) is 15.2 Å². The van der Waals surface area contributed by atoms with Gasteiger partial charge in [-0.05, 0) is 58.9 Å². The van der Waals surface area contributed by atoms with Crippen LogP contribution in [0.3, 0.4) is 0 Å². The minimum atomic E-state index is 0.241. The maximum absolute atomic E-state index is 6.11. The molecule has 3 rings (SSSR count). The van der Waals surface area contributed by atoms with Crippen molar-refractivity contribution in [3.63, 3.8) is 0 Å². The smallest absolute Gasteiger partial charge is 0.231 e. The first-order valence-electron chi connectivity index (χ1n) is 7.66. The number of benzene rings is 1. The van der Waals surface area contributed by atoms with Crippen molar-refractivity contribution in [2.75, 3.05) is 19.9 Å². The van der Waals surface area contributed by atoms with Crippen molar-refractivity contribution in [3.8, 4) is 11.5 Å². The lowest BCUT2D eigenvalue weighted by Gasteiger charge is -2.35. The van der Waals surface area contributed by atoms with Crippen LogP contribution in [0.25, 0.3) is 0 Å². The summed E-state index contributed by atoms with van der Waals surface area (Å²) in [5.41, 5.74) is 7.32. The molecule has 0 aromatic heterocycles. The minimum absolute atomic E-state index is 0.241. The van der Waals surface area contributed by atoms with Crippen molar-refractivity contribution in [3.05, 3.63) is 22.2 Å². The van der Waals surface area contributed by atoms with Crippen LogP contribution in [0.2, 0.25) is 0 Å². The van der Waals surface area contributed by atoms with E-state index in [0.29, 0.717) is 25.3 Å². The second-order valence-corrected chi connectivity index (χ2v) is 7.03. The third kappa shape index (κ3) is 2.79. The van der Waals surface area contributed by atoms with Gasteiger partial charge in [-0.25, -0.2) is 0 Å². The average molecular weight is 355 g/mol. The molecular formula is C16H23BrN2O2. The zero-order valence-corrected chi connectivity index (χ0v) is 14.2. The molecule has 2 atom stereocenters. The molecule has 5 heteroatoms. The van der Waals surface area contributed by atoms with Crippen LogP contribution in [-0.4, -0.2) is 30.8 Å². The molecule has 2 N–H and O–H groups in total. The Bertz CT molecular complexity index is 521. The summed E-state index contributed by atoms with van der Waals surface area (Å²) in [5.74, 6) is 2.27. The van der Waals surface area contributed by atoms with E-state index in [1.165, 1.54) is 18.4 Å². The standard InChI is InChI=1S/C16H23BrN2O2/c1-10(2)13-4-3-5-19(13)14(8-18)11-6-12(17)16-15(7-11)20-9-21-16/h6-7,10,13-14H,3-5,8-9,18H2,1-2H3. The summed E-state index contributed by atoms with van der Waals surface area (Å²) in [4.78, 5) is 2.56. The van der Waals surface area contributed by atoms with Gasteiger partial charge >= 0.3 is 0 Å². The number of nitrogens with zero attached hydrogens (tertiary/aromatic N) is 1. The van der Waals surface area contributed by atoms with Crippen LogP contribution in [0.4, 0.5) is 0 Å². The van der Waals surface area contributed by atoms with E-state index in [9.17, 15) is 0 Å². The van der Waals surface area contributed by atoms with Gasteiger partial charge in [0.1, 0.15) is 0 Å². The third-order valence-electron chi connectivity index (χ3n) is 4.57. The van der Waals surface area contributed by atoms with Gasteiger partial charge in [-0.1, -0.05) is 13.8 Å². The molecule has 1 aromatic carbocycles. The van der Waals surface area contributed by atoms with E-state index in [2.05, 4.69) is 46.8 Å². The first-order valence-corrected chi connectivity index (χ1v) is 8.46. The molecular weight excluding hydrogens is 332 g/mol. The van der Waals surface area contributed by atoms with Crippen molar-refractivity contribution in [2.24, 2.45) is 11.7 Å². The predicted molar refractivity (Wildman–Crippen MR) is 86.6 cm³/mol. The molecule has 2 aliphatic heterocycles. The number of hydrogen-bond acceptors (Lipinski definition) is 4. The molecule has 0 amide bonds. The van der Waals surface area contributed by atoms with Gasteiger partial charge in [0.05, 0.1) is 4.47 Å². The highest BCUT2D eigenvalue weighted by Crippen LogP contribution is 2.43. The number of ether oxygens (including phenoxy) is 2. The Labute approximate surface area is 134 Å². The number of nitrogens with two attached hydrogens (primary N) is 1. The Kier molecular flexibility index (Phi) is 4.43. The second-order valence-electron chi connectivity index (χ2n) is 6.18. The summed E-state index contributed by atoms with van der Waals surface area (Å²) in [5, 5.41) is 0. The summed E-state index contributed by atoms with van der Waals surface area (Å²) < 4.78 is 12.0. The summed E-state index contributed by atoms with van der Waals surface area (Å²) >= 11 is 3.58. The molecule has 116 valence electrons. The monoisotopic (exact) mass is 354 g/mol.